The quantitative estimate of drug-likeness (QED) is 0.682. The molecule has 0 spiro atoms. The number of alkyl halides is 1. The average Bonchev–Trinajstić information content (AvgIpc) is 2.05. The number of ether oxygens (including phenoxy) is 1. The smallest absolute Gasteiger partial charge is 0.0493 e. The summed E-state index contributed by atoms with van der Waals surface area (Å²) in [6.45, 7) is 3.24. The average molecular weight is 235 g/mol. The maximum Gasteiger partial charge on any atom is 0.0493 e. The molecule has 1 rings (SSSR count). The lowest BCUT2D eigenvalue weighted by Gasteiger charge is -2.33. The molecule has 0 aromatic heterocycles. The van der Waals surface area contributed by atoms with E-state index in [1.54, 1.807) is 0 Å². The number of methoxy groups -OCH3 is 1. The van der Waals surface area contributed by atoms with Gasteiger partial charge in [0.2, 0.25) is 0 Å². The molecule has 1 nitrogen and oxygen atoms in total. The summed E-state index contributed by atoms with van der Waals surface area (Å²) in [6, 6.07) is 0. The van der Waals surface area contributed by atoms with E-state index in [4.69, 9.17) is 4.74 Å². The maximum absolute atomic E-state index is 5.24. The van der Waals surface area contributed by atoms with Crippen molar-refractivity contribution in [3.8, 4) is 0 Å². The molecule has 0 amide bonds. The Hall–Kier alpha value is 0.440. The van der Waals surface area contributed by atoms with Gasteiger partial charge in [0.05, 0.1) is 0 Å². The lowest BCUT2D eigenvalue weighted by Crippen LogP contribution is -2.27. The van der Waals surface area contributed by atoms with Crippen LogP contribution in [0.3, 0.4) is 0 Å². The maximum atomic E-state index is 5.24. The summed E-state index contributed by atoms with van der Waals surface area (Å²) in [5, 5.41) is 0. The summed E-state index contributed by atoms with van der Waals surface area (Å²) in [5.41, 5.74) is 0. The molecule has 0 aromatic carbocycles. The Balaban J connectivity index is 2.40. The molecule has 3 unspecified atom stereocenters. The second kappa shape index (κ2) is 5.23. The Labute approximate surface area is 84.0 Å². The first-order chi connectivity index (χ1) is 5.77. The second-order valence-electron chi connectivity index (χ2n) is 3.79. The van der Waals surface area contributed by atoms with Gasteiger partial charge in [-0.3, -0.25) is 0 Å². The van der Waals surface area contributed by atoms with Crippen LogP contribution in [0.5, 0.6) is 0 Å². The Kier molecular flexibility index (Phi) is 4.59. The van der Waals surface area contributed by atoms with E-state index in [0.29, 0.717) is 0 Å². The Bertz CT molecular complexity index is 127. The van der Waals surface area contributed by atoms with Crippen LogP contribution in [0, 0.1) is 11.8 Å². The van der Waals surface area contributed by atoms with Crippen molar-refractivity contribution < 1.29 is 4.74 Å². The van der Waals surface area contributed by atoms with Gasteiger partial charge in [0.1, 0.15) is 0 Å². The van der Waals surface area contributed by atoms with Crippen LogP contribution in [0.2, 0.25) is 0 Å². The van der Waals surface area contributed by atoms with E-state index in [2.05, 4.69) is 22.9 Å². The normalized spacial score (nSPS) is 36.8. The van der Waals surface area contributed by atoms with Crippen LogP contribution in [0.25, 0.3) is 0 Å². The summed E-state index contributed by atoms with van der Waals surface area (Å²) >= 11 is 3.70. The third-order valence-corrected chi connectivity index (χ3v) is 3.81. The predicted molar refractivity (Wildman–Crippen MR) is 55.7 cm³/mol. The number of hydrogen-bond donors (Lipinski definition) is 0. The summed E-state index contributed by atoms with van der Waals surface area (Å²) in [7, 11) is 1.81. The highest BCUT2D eigenvalue weighted by Crippen LogP contribution is 2.35. The fourth-order valence-corrected chi connectivity index (χ4v) is 2.97. The molecule has 1 aliphatic carbocycles. The van der Waals surface area contributed by atoms with E-state index >= 15 is 0 Å². The summed E-state index contributed by atoms with van der Waals surface area (Å²) in [5.74, 6) is 1.69. The number of halogens is 1. The fourth-order valence-electron chi connectivity index (χ4n) is 2.23. The fraction of sp³-hybridized carbons (Fsp3) is 1.00. The van der Waals surface area contributed by atoms with Crippen LogP contribution < -0.4 is 0 Å². The van der Waals surface area contributed by atoms with Crippen LogP contribution >= 0.6 is 15.9 Å². The first kappa shape index (κ1) is 10.5. The largest absolute Gasteiger partial charge is 0.384 e. The minimum atomic E-state index is 0.737. The van der Waals surface area contributed by atoms with Crippen LogP contribution in [0.15, 0.2) is 0 Å². The van der Waals surface area contributed by atoms with Crippen LogP contribution in [0.4, 0.5) is 0 Å². The van der Waals surface area contributed by atoms with E-state index in [1.807, 2.05) is 7.11 Å². The van der Waals surface area contributed by atoms with Gasteiger partial charge in [0, 0.05) is 18.5 Å². The van der Waals surface area contributed by atoms with Crippen LogP contribution in [-0.2, 0) is 4.74 Å². The topological polar surface area (TPSA) is 9.23 Å². The van der Waals surface area contributed by atoms with E-state index in [9.17, 15) is 0 Å². The van der Waals surface area contributed by atoms with Crippen molar-refractivity contribution in [3.63, 3.8) is 0 Å². The zero-order valence-corrected chi connectivity index (χ0v) is 9.64. The monoisotopic (exact) mass is 234 g/mol. The summed E-state index contributed by atoms with van der Waals surface area (Å²) in [4.78, 5) is 0.737. The Morgan fingerprint density at radius 3 is 2.67 bits per heavy atom. The van der Waals surface area contributed by atoms with Crippen LogP contribution in [-0.4, -0.2) is 18.5 Å². The van der Waals surface area contributed by atoms with Gasteiger partial charge >= 0.3 is 0 Å². The predicted octanol–water partition coefficient (Wildman–Crippen LogP) is 3.22. The molecule has 2 heteroatoms. The molecular weight excluding hydrogens is 216 g/mol. The molecule has 0 saturated heterocycles. The van der Waals surface area contributed by atoms with Crippen LogP contribution in [0.1, 0.15) is 32.6 Å². The minimum absolute atomic E-state index is 0.737. The van der Waals surface area contributed by atoms with Gasteiger partial charge in [-0.2, -0.15) is 0 Å². The molecule has 0 aliphatic heterocycles. The van der Waals surface area contributed by atoms with E-state index in [1.165, 1.54) is 25.7 Å². The Morgan fingerprint density at radius 1 is 1.33 bits per heavy atom. The van der Waals surface area contributed by atoms with Crippen molar-refractivity contribution in [2.45, 2.75) is 37.4 Å². The van der Waals surface area contributed by atoms with Gasteiger partial charge in [-0.1, -0.05) is 29.3 Å². The summed E-state index contributed by atoms with van der Waals surface area (Å²) in [6.07, 6.45) is 5.33. The van der Waals surface area contributed by atoms with Crippen molar-refractivity contribution in [2.24, 2.45) is 11.8 Å². The highest BCUT2D eigenvalue weighted by molar-refractivity contribution is 9.09. The first-order valence-corrected chi connectivity index (χ1v) is 5.82. The molecule has 72 valence electrons. The molecule has 0 aromatic rings. The van der Waals surface area contributed by atoms with Crippen molar-refractivity contribution in [3.05, 3.63) is 0 Å². The molecule has 0 radical (unpaired) electrons. The van der Waals surface area contributed by atoms with Crippen molar-refractivity contribution >= 4 is 15.9 Å². The second-order valence-corrected chi connectivity index (χ2v) is 5.09. The van der Waals surface area contributed by atoms with Crippen molar-refractivity contribution in [1.82, 2.24) is 0 Å². The zero-order valence-electron chi connectivity index (χ0n) is 8.05. The highest BCUT2D eigenvalue weighted by atomic mass is 79.9. The lowest BCUT2D eigenvalue weighted by molar-refractivity contribution is 0.0949. The van der Waals surface area contributed by atoms with Gasteiger partial charge < -0.3 is 4.74 Å². The highest BCUT2D eigenvalue weighted by Gasteiger charge is 2.27. The SMILES string of the molecule is CCC1CCC(Br)CC1COC. The third-order valence-electron chi connectivity index (χ3n) is 2.98. The lowest BCUT2D eigenvalue weighted by atomic mass is 9.78. The molecule has 0 bridgehead atoms. The molecule has 12 heavy (non-hydrogen) atoms. The molecule has 0 heterocycles. The first-order valence-electron chi connectivity index (χ1n) is 4.91. The Morgan fingerprint density at radius 2 is 2.08 bits per heavy atom. The molecule has 0 N–H and O–H groups in total. The summed E-state index contributed by atoms with van der Waals surface area (Å²) < 4.78 is 5.24. The third kappa shape index (κ3) is 2.74. The molecule has 1 fully saturated rings. The van der Waals surface area contributed by atoms with Crippen molar-refractivity contribution in [2.75, 3.05) is 13.7 Å². The minimum Gasteiger partial charge on any atom is -0.384 e. The van der Waals surface area contributed by atoms with Crippen molar-refractivity contribution in [1.29, 1.82) is 0 Å². The van der Waals surface area contributed by atoms with E-state index in [-0.39, 0.29) is 0 Å². The molecule has 3 atom stereocenters. The van der Waals surface area contributed by atoms with Gasteiger partial charge in [-0.15, -0.1) is 0 Å². The number of hydrogen-bond acceptors (Lipinski definition) is 1. The number of rotatable bonds is 3. The standard InChI is InChI=1S/C10H19BrO/c1-3-8-4-5-10(11)6-9(8)7-12-2/h8-10H,3-7H2,1-2H3. The molecule has 1 aliphatic rings. The van der Waals surface area contributed by atoms with Gasteiger partial charge in [-0.25, -0.2) is 0 Å². The van der Waals surface area contributed by atoms with E-state index < -0.39 is 0 Å². The van der Waals surface area contributed by atoms with E-state index in [0.717, 1.165) is 23.3 Å². The molecule has 1 saturated carbocycles. The van der Waals surface area contributed by atoms with Gasteiger partial charge in [0.25, 0.3) is 0 Å². The zero-order chi connectivity index (χ0) is 8.97. The molecular formula is C10H19BrO. The van der Waals surface area contributed by atoms with Gasteiger partial charge in [0.15, 0.2) is 0 Å². The van der Waals surface area contributed by atoms with Gasteiger partial charge in [-0.05, 0) is 31.1 Å².